The number of aryl methyl sites for hydroxylation is 2. The molecule has 0 radical (unpaired) electrons. The van der Waals surface area contributed by atoms with Crippen LogP contribution in [0.2, 0.25) is 0 Å². The third-order valence-electron chi connectivity index (χ3n) is 2.64. The van der Waals surface area contributed by atoms with E-state index >= 15 is 0 Å². The van der Waals surface area contributed by atoms with E-state index in [4.69, 9.17) is 0 Å². The molecule has 70 valence electrons. The first-order chi connectivity index (χ1) is 6.07. The topological polar surface area (TPSA) is 20.2 Å². The lowest BCUT2D eigenvalue weighted by Crippen LogP contribution is -2.10. The number of hydrogen-bond acceptors (Lipinski definition) is 1. The molecule has 1 aromatic rings. The molecular weight excluding hydrogens is 160 g/mol. The fourth-order valence-corrected chi connectivity index (χ4v) is 1.87. The van der Waals surface area contributed by atoms with Gasteiger partial charge in [0.1, 0.15) is 0 Å². The predicted molar refractivity (Wildman–Crippen MR) is 53.8 cm³/mol. The standard InChI is InChI=1S/C12H16O/c1-9-5-10(2)7-11(6-9)8-12(13)3-4-12/h5-7,13H,3-4,8H2,1-2H3. The Morgan fingerprint density at radius 3 is 2.15 bits per heavy atom. The molecule has 1 N–H and O–H groups in total. The average Bonchev–Trinajstić information content (AvgIpc) is 2.64. The smallest absolute Gasteiger partial charge is 0.0690 e. The molecule has 0 atom stereocenters. The minimum atomic E-state index is -0.361. The molecule has 0 saturated heterocycles. The number of hydrogen-bond donors (Lipinski definition) is 1. The van der Waals surface area contributed by atoms with E-state index in [1.807, 2.05) is 0 Å². The molecule has 0 heterocycles. The van der Waals surface area contributed by atoms with Crippen molar-refractivity contribution in [1.82, 2.24) is 0 Å². The van der Waals surface area contributed by atoms with Crippen LogP contribution in [0.4, 0.5) is 0 Å². The number of aliphatic hydroxyl groups is 1. The lowest BCUT2D eigenvalue weighted by Gasteiger charge is -2.09. The van der Waals surface area contributed by atoms with Crippen molar-refractivity contribution < 1.29 is 5.11 Å². The summed E-state index contributed by atoms with van der Waals surface area (Å²) in [4.78, 5) is 0. The first kappa shape index (κ1) is 8.76. The third kappa shape index (κ3) is 2.10. The van der Waals surface area contributed by atoms with Gasteiger partial charge in [-0.25, -0.2) is 0 Å². The van der Waals surface area contributed by atoms with Crippen molar-refractivity contribution in [3.63, 3.8) is 0 Å². The van der Waals surface area contributed by atoms with Crippen LogP contribution in [0.25, 0.3) is 0 Å². The van der Waals surface area contributed by atoms with Crippen molar-refractivity contribution in [2.24, 2.45) is 0 Å². The Hall–Kier alpha value is -0.820. The SMILES string of the molecule is Cc1cc(C)cc(CC2(O)CC2)c1. The fraction of sp³-hybridized carbons (Fsp3) is 0.500. The van der Waals surface area contributed by atoms with Crippen LogP contribution >= 0.6 is 0 Å². The summed E-state index contributed by atoms with van der Waals surface area (Å²) in [6.45, 7) is 4.21. The summed E-state index contributed by atoms with van der Waals surface area (Å²) < 4.78 is 0. The molecule has 2 rings (SSSR count). The lowest BCUT2D eigenvalue weighted by atomic mass is 10.0. The Balaban J connectivity index is 2.20. The third-order valence-corrected chi connectivity index (χ3v) is 2.64. The molecule has 1 heteroatoms. The van der Waals surface area contributed by atoms with Gasteiger partial charge in [-0.2, -0.15) is 0 Å². The minimum absolute atomic E-state index is 0.361. The molecule has 1 aliphatic rings. The monoisotopic (exact) mass is 176 g/mol. The van der Waals surface area contributed by atoms with Crippen LogP contribution in [0.3, 0.4) is 0 Å². The second kappa shape index (κ2) is 2.85. The van der Waals surface area contributed by atoms with Gasteiger partial charge in [0.05, 0.1) is 5.60 Å². The van der Waals surface area contributed by atoms with Gasteiger partial charge >= 0.3 is 0 Å². The lowest BCUT2D eigenvalue weighted by molar-refractivity contribution is 0.151. The van der Waals surface area contributed by atoms with Crippen LogP contribution in [0.5, 0.6) is 0 Å². The quantitative estimate of drug-likeness (QED) is 0.733. The van der Waals surface area contributed by atoms with Crippen LogP contribution in [0.15, 0.2) is 18.2 Å². The van der Waals surface area contributed by atoms with E-state index in [0.717, 1.165) is 19.3 Å². The van der Waals surface area contributed by atoms with E-state index in [9.17, 15) is 5.11 Å². The van der Waals surface area contributed by atoms with Gasteiger partial charge in [-0.3, -0.25) is 0 Å². The summed E-state index contributed by atoms with van der Waals surface area (Å²) in [5.74, 6) is 0. The van der Waals surface area contributed by atoms with Crippen LogP contribution in [-0.4, -0.2) is 10.7 Å². The molecule has 0 unspecified atom stereocenters. The van der Waals surface area contributed by atoms with Gasteiger partial charge in [-0.15, -0.1) is 0 Å². The van der Waals surface area contributed by atoms with E-state index in [1.165, 1.54) is 16.7 Å². The van der Waals surface area contributed by atoms with Crippen molar-refractivity contribution in [3.05, 3.63) is 34.9 Å². The normalized spacial score (nSPS) is 18.7. The molecule has 0 bridgehead atoms. The van der Waals surface area contributed by atoms with E-state index in [-0.39, 0.29) is 5.60 Å². The highest BCUT2D eigenvalue weighted by atomic mass is 16.3. The zero-order valence-corrected chi connectivity index (χ0v) is 8.30. The van der Waals surface area contributed by atoms with Gasteiger partial charge in [-0.1, -0.05) is 29.3 Å². The molecule has 13 heavy (non-hydrogen) atoms. The highest BCUT2D eigenvalue weighted by Gasteiger charge is 2.40. The Morgan fingerprint density at radius 1 is 1.15 bits per heavy atom. The Morgan fingerprint density at radius 2 is 1.69 bits per heavy atom. The predicted octanol–water partition coefficient (Wildman–Crippen LogP) is 2.37. The maximum Gasteiger partial charge on any atom is 0.0690 e. The molecule has 1 fully saturated rings. The Bertz CT molecular complexity index is 304. The summed E-state index contributed by atoms with van der Waals surface area (Å²) >= 11 is 0. The number of rotatable bonds is 2. The molecule has 0 aliphatic heterocycles. The number of benzene rings is 1. The van der Waals surface area contributed by atoms with Crippen LogP contribution in [0, 0.1) is 13.8 Å². The first-order valence-electron chi connectivity index (χ1n) is 4.87. The van der Waals surface area contributed by atoms with Gasteiger partial charge in [-0.05, 0) is 32.3 Å². The summed E-state index contributed by atoms with van der Waals surface area (Å²) in [5, 5.41) is 9.76. The maximum absolute atomic E-state index is 9.76. The second-order valence-electron chi connectivity index (χ2n) is 4.40. The van der Waals surface area contributed by atoms with Crippen molar-refractivity contribution in [3.8, 4) is 0 Å². The largest absolute Gasteiger partial charge is 0.390 e. The highest BCUT2D eigenvalue weighted by molar-refractivity contribution is 5.30. The van der Waals surface area contributed by atoms with Crippen LogP contribution < -0.4 is 0 Å². The minimum Gasteiger partial charge on any atom is -0.390 e. The van der Waals surface area contributed by atoms with Gasteiger partial charge in [0.2, 0.25) is 0 Å². The second-order valence-corrected chi connectivity index (χ2v) is 4.40. The van der Waals surface area contributed by atoms with E-state index < -0.39 is 0 Å². The molecule has 0 amide bonds. The Labute approximate surface area is 79.4 Å². The van der Waals surface area contributed by atoms with Crippen molar-refractivity contribution >= 4 is 0 Å². The van der Waals surface area contributed by atoms with Gasteiger partial charge < -0.3 is 5.11 Å². The van der Waals surface area contributed by atoms with E-state index in [1.54, 1.807) is 0 Å². The maximum atomic E-state index is 9.76. The van der Waals surface area contributed by atoms with E-state index in [2.05, 4.69) is 32.0 Å². The van der Waals surface area contributed by atoms with Gasteiger partial charge in [0.15, 0.2) is 0 Å². The van der Waals surface area contributed by atoms with Crippen LogP contribution in [0.1, 0.15) is 29.5 Å². The summed E-state index contributed by atoms with van der Waals surface area (Å²) in [6, 6.07) is 6.51. The summed E-state index contributed by atoms with van der Waals surface area (Å²) in [5.41, 5.74) is 3.50. The average molecular weight is 176 g/mol. The molecular formula is C12H16O. The molecule has 1 aromatic carbocycles. The summed E-state index contributed by atoms with van der Waals surface area (Å²) in [6.07, 6.45) is 2.77. The zero-order chi connectivity index (χ0) is 9.47. The highest BCUT2D eigenvalue weighted by Crippen LogP contribution is 2.38. The molecule has 0 spiro atoms. The molecule has 1 aliphatic carbocycles. The summed E-state index contributed by atoms with van der Waals surface area (Å²) in [7, 11) is 0. The van der Waals surface area contributed by atoms with Crippen LogP contribution in [-0.2, 0) is 6.42 Å². The molecule has 1 nitrogen and oxygen atoms in total. The van der Waals surface area contributed by atoms with Gasteiger partial charge in [0.25, 0.3) is 0 Å². The van der Waals surface area contributed by atoms with Crippen molar-refractivity contribution in [2.75, 3.05) is 0 Å². The zero-order valence-electron chi connectivity index (χ0n) is 8.30. The Kier molecular flexibility index (Phi) is 1.92. The van der Waals surface area contributed by atoms with E-state index in [0.29, 0.717) is 0 Å². The van der Waals surface area contributed by atoms with Gasteiger partial charge in [0, 0.05) is 6.42 Å². The first-order valence-corrected chi connectivity index (χ1v) is 4.87. The molecule has 0 aromatic heterocycles. The van der Waals surface area contributed by atoms with Crippen molar-refractivity contribution in [1.29, 1.82) is 0 Å². The van der Waals surface area contributed by atoms with Crippen molar-refractivity contribution in [2.45, 2.75) is 38.7 Å². The molecule has 1 saturated carbocycles. The fourth-order valence-electron chi connectivity index (χ4n) is 1.87.